The molecule has 0 saturated carbocycles. The van der Waals surface area contributed by atoms with E-state index < -0.39 is 17.2 Å². The Hall–Kier alpha value is -1.35. The number of aryl methyl sites for hydroxylation is 1. The molecular formula is C11H9F3N2O2S2. The molecule has 1 aromatic heterocycles. The Bertz CT molecular complexity index is 763. The molecule has 2 heterocycles. The highest BCUT2D eigenvalue weighted by atomic mass is 32.2. The second-order valence-electron chi connectivity index (χ2n) is 4.32. The third-order valence-corrected chi connectivity index (χ3v) is 5.16. The molecule has 0 fully saturated rings. The van der Waals surface area contributed by atoms with Crippen molar-refractivity contribution in [3.05, 3.63) is 22.5 Å². The van der Waals surface area contributed by atoms with Crippen LogP contribution in [0.5, 0.6) is 5.75 Å². The van der Waals surface area contributed by atoms with E-state index in [2.05, 4.69) is 4.74 Å². The van der Waals surface area contributed by atoms with Gasteiger partial charge in [0.05, 0.1) is 16.0 Å². The van der Waals surface area contributed by atoms with Crippen molar-refractivity contribution in [3.8, 4) is 5.75 Å². The van der Waals surface area contributed by atoms with Gasteiger partial charge in [0.15, 0.2) is 4.80 Å². The Kier molecular flexibility index (Phi) is 3.13. The lowest BCUT2D eigenvalue weighted by molar-refractivity contribution is -0.274. The summed E-state index contributed by atoms with van der Waals surface area (Å²) in [5.41, 5.74) is 1.23. The summed E-state index contributed by atoms with van der Waals surface area (Å²) in [5.74, 6) is 0.251. The molecule has 20 heavy (non-hydrogen) atoms. The summed E-state index contributed by atoms with van der Waals surface area (Å²) in [6, 6.07) is 2.54. The molecule has 1 atom stereocenters. The van der Waals surface area contributed by atoms with Crippen LogP contribution in [0, 0.1) is 5.41 Å². The Labute approximate surface area is 117 Å². The molecule has 3 rings (SSSR count). The average molecular weight is 322 g/mol. The van der Waals surface area contributed by atoms with Crippen molar-refractivity contribution in [3.63, 3.8) is 0 Å². The zero-order valence-corrected chi connectivity index (χ0v) is 11.6. The van der Waals surface area contributed by atoms with Crippen LogP contribution in [0.2, 0.25) is 0 Å². The monoisotopic (exact) mass is 322 g/mol. The first-order chi connectivity index (χ1) is 9.33. The quantitative estimate of drug-likeness (QED) is 0.876. The number of hydrogen-bond acceptors (Lipinski definition) is 4. The molecular weight excluding hydrogens is 313 g/mol. The van der Waals surface area contributed by atoms with Crippen LogP contribution in [0.15, 0.2) is 12.1 Å². The maximum atomic E-state index is 12.3. The van der Waals surface area contributed by atoms with Gasteiger partial charge in [-0.1, -0.05) is 11.3 Å². The third kappa shape index (κ3) is 2.47. The first-order valence-corrected chi connectivity index (χ1v) is 7.95. The summed E-state index contributed by atoms with van der Waals surface area (Å²) in [7, 11) is -1.14. The Morgan fingerprint density at radius 1 is 1.40 bits per heavy atom. The van der Waals surface area contributed by atoms with Crippen molar-refractivity contribution in [1.82, 2.24) is 4.57 Å². The van der Waals surface area contributed by atoms with Crippen LogP contribution in [0.4, 0.5) is 13.2 Å². The molecule has 0 saturated heterocycles. The van der Waals surface area contributed by atoms with E-state index in [0.29, 0.717) is 28.1 Å². The Morgan fingerprint density at radius 3 is 2.85 bits per heavy atom. The summed E-state index contributed by atoms with van der Waals surface area (Å²) < 4.78 is 54.9. The molecule has 0 aliphatic carbocycles. The van der Waals surface area contributed by atoms with E-state index in [1.54, 1.807) is 4.57 Å². The number of ether oxygens (including phenoxy) is 1. The van der Waals surface area contributed by atoms with Gasteiger partial charge in [0.1, 0.15) is 5.75 Å². The highest BCUT2D eigenvalue weighted by Gasteiger charge is 2.32. The van der Waals surface area contributed by atoms with Crippen LogP contribution in [0.3, 0.4) is 0 Å². The summed E-state index contributed by atoms with van der Waals surface area (Å²) >= 11 is 1.09. The first-order valence-electron chi connectivity index (χ1n) is 5.65. The van der Waals surface area contributed by atoms with Crippen molar-refractivity contribution in [2.75, 3.05) is 5.75 Å². The lowest BCUT2D eigenvalue weighted by Crippen LogP contribution is -2.17. The van der Waals surface area contributed by atoms with Crippen LogP contribution in [-0.4, -0.2) is 20.9 Å². The number of alkyl halides is 3. The second kappa shape index (κ2) is 4.59. The zero-order valence-electron chi connectivity index (χ0n) is 9.99. The van der Waals surface area contributed by atoms with Gasteiger partial charge in [-0.05, 0) is 17.7 Å². The van der Waals surface area contributed by atoms with Gasteiger partial charge < -0.3 is 9.30 Å². The van der Waals surface area contributed by atoms with Gasteiger partial charge in [0.2, 0.25) is 0 Å². The molecule has 1 N–H and O–H groups in total. The normalized spacial score (nSPS) is 19.1. The second-order valence-corrected chi connectivity index (χ2v) is 6.93. The van der Waals surface area contributed by atoms with Crippen LogP contribution in [0.25, 0.3) is 10.2 Å². The van der Waals surface area contributed by atoms with E-state index in [-0.39, 0.29) is 16.3 Å². The van der Waals surface area contributed by atoms with Gasteiger partial charge in [0.25, 0.3) is 0 Å². The van der Waals surface area contributed by atoms with Crippen molar-refractivity contribution < 1.29 is 22.1 Å². The summed E-state index contributed by atoms with van der Waals surface area (Å²) in [4.78, 5) is 0.240. The largest absolute Gasteiger partial charge is 0.573 e. The fourth-order valence-corrected chi connectivity index (χ4v) is 4.35. The lowest BCUT2D eigenvalue weighted by Gasteiger charge is -2.10. The van der Waals surface area contributed by atoms with Crippen molar-refractivity contribution in [2.24, 2.45) is 0 Å². The van der Waals surface area contributed by atoms with Crippen LogP contribution >= 0.6 is 11.3 Å². The highest BCUT2D eigenvalue weighted by Crippen LogP contribution is 2.32. The fourth-order valence-electron chi connectivity index (χ4n) is 2.24. The molecule has 4 nitrogen and oxygen atoms in total. The van der Waals surface area contributed by atoms with E-state index in [0.717, 1.165) is 11.3 Å². The van der Waals surface area contributed by atoms with Gasteiger partial charge >= 0.3 is 6.36 Å². The molecule has 2 aromatic rings. The lowest BCUT2D eigenvalue weighted by atomic mass is 10.2. The van der Waals surface area contributed by atoms with Crippen LogP contribution < -0.4 is 9.54 Å². The smallest absolute Gasteiger partial charge is 0.406 e. The van der Waals surface area contributed by atoms with Gasteiger partial charge in [-0.3, -0.25) is 9.62 Å². The van der Waals surface area contributed by atoms with E-state index in [4.69, 9.17) is 5.41 Å². The topological polar surface area (TPSA) is 55.1 Å². The van der Waals surface area contributed by atoms with Crippen LogP contribution in [-0.2, 0) is 23.1 Å². The standard InChI is InChI=1S/C11H9F3N2O2S2/c12-11(13,14)18-7-3-6-5-20(17)2-1-16-9(6)8(4-7)19-10(16)15/h3-4,15H,1-2,5H2. The predicted molar refractivity (Wildman–Crippen MR) is 69.1 cm³/mol. The number of hydrogen-bond donors (Lipinski definition) is 1. The molecule has 1 aliphatic rings. The van der Waals surface area contributed by atoms with Crippen molar-refractivity contribution in [1.29, 1.82) is 5.41 Å². The van der Waals surface area contributed by atoms with Gasteiger partial charge in [-0.25, -0.2) is 0 Å². The maximum Gasteiger partial charge on any atom is 0.573 e. The molecule has 108 valence electrons. The number of rotatable bonds is 1. The molecule has 9 heteroatoms. The molecule has 0 spiro atoms. The first kappa shape index (κ1) is 13.6. The minimum Gasteiger partial charge on any atom is -0.406 e. The Balaban J connectivity index is 2.21. The molecule has 0 bridgehead atoms. The van der Waals surface area contributed by atoms with E-state index in [1.807, 2.05) is 0 Å². The zero-order chi connectivity index (χ0) is 14.5. The van der Waals surface area contributed by atoms with Crippen molar-refractivity contribution in [2.45, 2.75) is 18.7 Å². The number of aromatic nitrogens is 1. The van der Waals surface area contributed by atoms with Crippen molar-refractivity contribution >= 4 is 32.4 Å². The molecule has 1 aliphatic heterocycles. The van der Waals surface area contributed by atoms with E-state index >= 15 is 0 Å². The predicted octanol–water partition coefficient (Wildman–Crippen LogP) is 2.34. The molecule has 0 radical (unpaired) electrons. The fraction of sp³-hybridized carbons (Fsp3) is 0.364. The highest BCUT2D eigenvalue weighted by molar-refractivity contribution is 7.84. The van der Waals surface area contributed by atoms with Gasteiger partial charge in [-0.15, -0.1) is 13.2 Å². The van der Waals surface area contributed by atoms with Gasteiger partial charge in [0, 0.05) is 23.1 Å². The number of thiazole rings is 1. The molecule has 0 amide bonds. The van der Waals surface area contributed by atoms with Gasteiger partial charge in [-0.2, -0.15) is 0 Å². The average Bonchev–Trinajstić information content (AvgIpc) is 2.48. The third-order valence-electron chi connectivity index (χ3n) is 2.94. The minimum atomic E-state index is -4.76. The minimum absolute atomic E-state index is 0.182. The number of nitrogens with one attached hydrogen (secondary N) is 1. The maximum absolute atomic E-state index is 12.3. The van der Waals surface area contributed by atoms with E-state index in [1.165, 1.54) is 12.1 Å². The SMILES string of the molecule is N=c1sc2cc(OC(F)(F)F)cc3c2n1CCS(=O)C3. The number of halogens is 3. The number of nitrogens with zero attached hydrogens (tertiary/aromatic N) is 1. The number of benzene rings is 1. The summed E-state index contributed by atoms with van der Waals surface area (Å²) in [5, 5.41) is 7.86. The molecule has 1 unspecified atom stereocenters. The Morgan fingerprint density at radius 2 is 2.15 bits per heavy atom. The molecule has 1 aromatic carbocycles. The summed E-state index contributed by atoms with van der Waals surface area (Å²) in [6.45, 7) is 0.442. The van der Waals surface area contributed by atoms with E-state index in [9.17, 15) is 17.4 Å². The summed E-state index contributed by atoms with van der Waals surface area (Å²) in [6.07, 6.45) is -4.76. The van der Waals surface area contributed by atoms with Crippen LogP contribution in [0.1, 0.15) is 5.56 Å².